The highest BCUT2D eigenvalue weighted by atomic mass is 16.6. The third-order valence-electron chi connectivity index (χ3n) is 6.48. The van der Waals surface area contributed by atoms with Crippen LogP contribution in [-0.2, 0) is 4.79 Å². The van der Waals surface area contributed by atoms with Gasteiger partial charge in [-0.2, -0.15) is 0 Å². The Morgan fingerprint density at radius 2 is 1.85 bits per heavy atom. The number of nitro groups is 1. The van der Waals surface area contributed by atoms with Gasteiger partial charge in [-0.15, -0.1) is 0 Å². The summed E-state index contributed by atoms with van der Waals surface area (Å²) in [6.07, 6.45) is 5.51. The van der Waals surface area contributed by atoms with Gasteiger partial charge in [0.1, 0.15) is 11.2 Å². The molecule has 34 heavy (non-hydrogen) atoms. The van der Waals surface area contributed by atoms with Gasteiger partial charge in [-0.05, 0) is 57.9 Å². The molecule has 0 spiro atoms. The summed E-state index contributed by atoms with van der Waals surface area (Å²) >= 11 is 0. The van der Waals surface area contributed by atoms with Gasteiger partial charge in [0, 0.05) is 30.9 Å². The Morgan fingerprint density at radius 3 is 2.44 bits per heavy atom. The van der Waals surface area contributed by atoms with Crippen molar-refractivity contribution in [2.45, 2.75) is 64.5 Å². The summed E-state index contributed by atoms with van der Waals surface area (Å²) in [6, 6.07) is 9.57. The average Bonchev–Trinajstić information content (AvgIpc) is 2.85. The van der Waals surface area contributed by atoms with Gasteiger partial charge >= 0.3 is 0 Å². The summed E-state index contributed by atoms with van der Waals surface area (Å²) in [5, 5.41) is 17.9. The average molecular weight is 468 g/mol. The fraction of sp³-hybridized carbons (Fsp3) is 0.480. The molecule has 1 saturated carbocycles. The number of pyridine rings is 1. The van der Waals surface area contributed by atoms with Crippen LogP contribution in [-0.4, -0.2) is 45.2 Å². The Kier molecular flexibility index (Phi) is 8.20. The number of benzene rings is 1. The maximum absolute atomic E-state index is 13.3. The normalized spacial score (nSPS) is 15.7. The molecule has 1 fully saturated rings. The number of aromatic nitrogens is 1. The van der Waals surface area contributed by atoms with Crippen LogP contribution >= 0.6 is 0 Å². The van der Waals surface area contributed by atoms with E-state index in [1.165, 1.54) is 12.1 Å². The Balaban J connectivity index is 1.85. The predicted octanol–water partition coefficient (Wildman–Crippen LogP) is 4.46. The molecule has 2 amide bonds. The zero-order valence-corrected chi connectivity index (χ0v) is 20.0. The topological polar surface area (TPSA) is 117 Å². The van der Waals surface area contributed by atoms with E-state index in [1.54, 1.807) is 23.2 Å². The van der Waals surface area contributed by atoms with E-state index in [-0.39, 0.29) is 23.2 Å². The molecule has 0 aliphatic heterocycles. The quantitative estimate of drug-likeness (QED) is 0.415. The molecule has 2 aromatic rings. The summed E-state index contributed by atoms with van der Waals surface area (Å²) in [4.78, 5) is 43.8. The number of likely N-dealkylation sites (N-methyl/N-ethyl adjacent to an activating group) is 1. The van der Waals surface area contributed by atoms with Gasteiger partial charge in [-0.3, -0.25) is 24.7 Å². The molecular weight excluding hydrogens is 434 g/mol. The third kappa shape index (κ3) is 5.52. The summed E-state index contributed by atoms with van der Waals surface area (Å²) in [7, 11) is 0. The minimum absolute atomic E-state index is 0.0810. The highest BCUT2D eigenvalue weighted by Crippen LogP contribution is 2.32. The number of hydrogen-bond donors (Lipinski definition) is 2. The van der Waals surface area contributed by atoms with Crippen LogP contribution in [0.3, 0.4) is 0 Å². The second-order valence-corrected chi connectivity index (χ2v) is 8.68. The van der Waals surface area contributed by atoms with Crippen molar-refractivity contribution in [3.63, 3.8) is 0 Å². The molecule has 1 heterocycles. The van der Waals surface area contributed by atoms with E-state index in [9.17, 15) is 19.7 Å². The van der Waals surface area contributed by atoms with Gasteiger partial charge < -0.3 is 15.5 Å². The van der Waals surface area contributed by atoms with E-state index in [0.29, 0.717) is 31.6 Å². The molecule has 0 saturated heterocycles. The summed E-state index contributed by atoms with van der Waals surface area (Å²) in [5.41, 5.74) is 0.0166. The van der Waals surface area contributed by atoms with Gasteiger partial charge in [-0.1, -0.05) is 25.3 Å². The number of amides is 2. The molecule has 2 N–H and O–H groups in total. The number of hydrogen-bond acceptors (Lipinski definition) is 6. The van der Waals surface area contributed by atoms with Crippen LogP contribution < -0.4 is 10.6 Å². The monoisotopic (exact) mass is 467 g/mol. The van der Waals surface area contributed by atoms with Crippen molar-refractivity contribution < 1.29 is 14.5 Å². The minimum Gasteiger partial charge on any atom is -0.371 e. The molecule has 3 rings (SSSR count). The molecule has 0 radical (unpaired) electrons. The first kappa shape index (κ1) is 25.1. The van der Waals surface area contributed by atoms with Crippen molar-refractivity contribution in [3.8, 4) is 0 Å². The summed E-state index contributed by atoms with van der Waals surface area (Å²) in [5.74, 6) is -0.558. The fourth-order valence-electron chi connectivity index (χ4n) is 4.54. The van der Waals surface area contributed by atoms with Gasteiger partial charge in [0.05, 0.1) is 16.7 Å². The van der Waals surface area contributed by atoms with Crippen LogP contribution in [0.2, 0.25) is 0 Å². The van der Waals surface area contributed by atoms with Crippen molar-refractivity contribution in [3.05, 3.63) is 64.0 Å². The minimum atomic E-state index is -0.972. The fourth-order valence-corrected chi connectivity index (χ4v) is 4.54. The lowest BCUT2D eigenvalue weighted by Gasteiger charge is -2.40. The first-order valence-electron chi connectivity index (χ1n) is 11.9. The zero-order valence-electron chi connectivity index (χ0n) is 20.0. The van der Waals surface area contributed by atoms with E-state index < -0.39 is 16.4 Å². The second kappa shape index (κ2) is 11.1. The molecule has 9 heteroatoms. The van der Waals surface area contributed by atoms with Crippen LogP contribution in [0.15, 0.2) is 42.6 Å². The Bertz CT molecular complexity index is 1020. The van der Waals surface area contributed by atoms with Crippen LogP contribution in [0, 0.1) is 10.1 Å². The number of anilines is 1. The van der Waals surface area contributed by atoms with Crippen LogP contribution in [0.1, 0.15) is 75.0 Å². The van der Waals surface area contributed by atoms with Crippen molar-refractivity contribution in [2.75, 3.05) is 18.4 Å². The zero-order chi connectivity index (χ0) is 24.7. The Labute approximate surface area is 200 Å². The Hall–Kier alpha value is -3.49. The number of nitro benzene ring substituents is 1. The van der Waals surface area contributed by atoms with Gasteiger partial charge in [0.15, 0.2) is 0 Å². The van der Waals surface area contributed by atoms with Crippen molar-refractivity contribution in [1.82, 2.24) is 15.2 Å². The highest BCUT2D eigenvalue weighted by molar-refractivity contribution is 6.00. The SMILES string of the molecule is CCN(CC)C(=O)C1(NC(=O)c2ccc(NC(C)c3ccccn3)c([N+](=O)[O-])c2)CCCCC1. The smallest absolute Gasteiger partial charge is 0.293 e. The molecule has 1 aromatic heterocycles. The lowest BCUT2D eigenvalue weighted by Crippen LogP contribution is -2.60. The van der Waals surface area contributed by atoms with Crippen molar-refractivity contribution in [2.24, 2.45) is 0 Å². The molecule has 1 atom stereocenters. The van der Waals surface area contributed by atoms with E-state index in [2.05, 4.69) is 15.6 Å². The standard InChI is InChI=1S/C25H33N5O4/c1-4-29(5-2)24(32)25(14-8-6-9-15-25)28-23(31)19-12-13-21(22(17-19)30(33)34)27-18(3)20-11-7-10-16-26-20/h7,10-13,16-18,27H,4-6,8-9,14-15H2,1-3H3,(H,28,31). The maximum atomic E-state index is 13.3. The van der Waals surface area contributed by atoms with Gasteiger partial charge in [0.2, 0.25) is 5.91 Å². The maximum Gasteiger partial charge on any atom is 0.293 e. The number of nitrogens with one attached hydrogen (secondary N) is 2. The molecule has 1 unspecified atom stereocenters. The van der Waals surface area contributed by atoms with E-state index in [1.807, 2.05) is 32.9 Å². The number of nitrogens with zero attached hydrogens (tertiary/aromatic N) is 3. The largest absolute Gasteiger partial charge is 0.371 e. The van der Waals surface area contributed by atoms with E-state index in [4.69, 9.17) is 0 Å². The molecule has 182 valence electrons. The summed E-state index contributed by atoms with van der Waals surface area (Å²) in [6.45, 7) is 6.82. The van der Waals surface area contributed by atoms with Crippen LogP contribution in [0.5, 0.6) is 0 Å². The van der Waals surface area contributed by atoms with E-state index in [0.717, 1.165) is 25.0 Å². The molecule has 9 nitrogen and oxygen atoms in total. The molecular formula is C25H33N5O4. The lowest BCUT2D eigenvalue weighted by atomic mass is 9.80. The van der Waals surface area contributed by atoms with Crippen LogP contribution in [0.25, 0.3) is 0 Å². The second-order valence-electron chi connectivity index (χ2n) is 8.68. The van der Waals surface area contributed by atoms with Crippen molar-refractivity contribution in [1.29, 1.82) is 0 Å². The number of carbonyl (C=O) groups is 2. The summed E-state index contributed by atoms with van der Waals surface area (Å²) < 4.78 is 0. The molecule has 1 aliphatic carbocycles. The number of carbonyl (C=O) groups excluding carboxylic acids is 2. The molecule has 0 bridgehead atoms. The van der Waals surface area contributed by atoms with Gasteiger partial charge in [0.25, 0.3) is 11.6 Å². The van der Waals surface area contributed by atoms with Crippen LogP contribution in [0.4, 0.5) is 11.4 Å². The number of rotatable bonds is 9. The van der Waals surface area contributed by atoms with E-state index >= 15 is 0 Å². The van der Waals surface area contributed by atoms with Gasteiger partial charge in [-0.25, -0.2) is 0 Å². The predicted molar refractivity (Wildman–Crippen MR) is 131 cm³/mol. The highest BCUT2D eigenvalue weighted by Gasteiger charge is 2.43. The third-order valence-corrected chi connectivity index (χ3v) is 6.48. The first-order valence-corrected chi connectivity index (χ1v) is 11.9. The Morgan fingerprint density at radius 1 is 1.15 bits per heavy atom. The molecule has 1 aromatic carbocycles. The lowest BCUT2D eigenvalue weighted by molar-refractivity contribution is -0.384. The van der Waals surface area contributed by atoms with Crippen molar-refractivity contribution >= 4 is 23.2 Å². The molecule has 1 aliphatic rings. The first-order chi connectivity index (χ1) is 16.3.